The average Bonchev–Trinajstić information content (AvgIpc) is 3.50. The van der Waals surface area contributed by atoms with E-state index in [9.17, 15) is 9.59 Å². The highest BCUT2D eigenvalue weighted by Crippen LogP contribution is 2.21. The van der Waals surface area contributed by atoms with Crippen LogP contribution in [0.1, 0.15) is 11.3 Å². The maximum Gasteiger partial charge on any atom is 0.357 e. The summed E-state index contributed by atoms with van der Waals surface area (Å²) in [4.78, 5) is 25.2. The Labute approximate surface area is 183 Å². The molecule has 0 aliphatic rings. The molecule has 1 amide bonds. The predicted octanol–water partition coefficient (Wildman–Crippen LogP) is 3.42. The number of anilines is 1. The monoisotopic (exact) mass is 429 g/mol. The Morgan fingerprint density at radius 1 is 1.06 bits per heavy atom. The third kappa shape index (κ3) is 4.96. The van der Waals surface area contributed by atoms with Crippen molar-refractivity contribution in [2.45, 2.75) is 6.92 Å². The number of nitrogens with one attached hydrogen (secondary N) is 1. The standard InChI is InChI=1S/C23H19N5O4/c1-16-9-11-18(12-10-16)24-21(29)15-32-23(30)20(14-19-8-5-13-31-19)28-22(25-26-27-28)17-6-3-2-4-7-17/h2-14H,15H2,1H3,(H,24,29)/b20-14-. The number of nitrogens with zero attached hydrogens (tertiary/aromatic N) is 4. The topological polar surface area (TPSA) is 112 Å². The lowest BCUT2D eigenvalue weighted by atomic mass is 10.2. The second-order valence-electron chi connectivity index (χ2n) is 6.82. The summed E-state index contributed by atoms with van der Waals surface area (Å²) in [5.41, 5.74) is 2.37. The van der Waals surface area contributed by atoms with Crippen LogP contribution < -0.4 is 5.32 Å². The molecule has 0 bridgehead atoms. The van der Waals surface area contributed by atoms with Crippen molar-refractivity contribution in [1.29, 1.82) is 0 Å². The SMILES string of the molecule is Cc1ccc(NC(=O)COC(=O)/C(=C/c2ccco2)n2nnnc2-c2ccccc2)cc1. The van der Waals surface area contributed by atoms with Crippen LogP contribution in [0.25, 0.3) is 23.2 Å². The van der Waals surface area contributed by atoms with E-state index in [0.29, 0.717) is 22.8 Å². The molecule has 0 atom stereocenters. The lowest BCUT2D eigenvalue weighted by Crippen LogP contribution is -2.23. The van der Waals surface area contributed by atoms with Crippen molar-refractivity contribution in [2.75, 3.05) is 11.9 Å². The van der Waals surface area contributed by atoms with E-state index in [1.54, 1.807) is 24.3 Å². The van der Waals surface area contributed by atoms with Gasteiger partial charge in [-0.2, -0.15) is 4.68 Å². The summed E-state index contributed by atoms with van der Waals surface area (Å²) in [6.45, 7) is 1.47. The van der Waals surface area contributed by atoms with Crippen LogP contribution in [0.5, 0.6) is 0 Å². The molecule has 0 saturated heterocycles. The number of benzene rings is 2. The first-order valence-electron chi connectivity index (χ1n) is 9.73. The van der Waals surface area contributed by atoms with Gasteiger partial charge in [0, 0.05) is 17.3 Å². The van der Waals surface area contributed by atoms with E-state index in [1.807, 2.05) is 49.4 Å². The van der Waals surface area contributed by atoms with Crippen LogP contribution in [0, 0.1) is 6.92 Å². The summed E-state index contributed by atoms with van der Waals surface area (Å²) >= 11 is 0. The molecular formula is C23H19N5O4. The normalized spacial score (nSPS) is 11.2. The number of hydrogen-bond acceptors (Lipinski definition) is 7. The summed E-state index contributed by atoms with van der Waals surface area (Å²) in [7, 11) is 0. The molecule has 0 radical (unpaired) electrons. The summed E-state index contributed by atoms with van der Waals surface area (Å²) in [5.74, 6) is -0.524. The maximum atomic E-state index is 12.9. The molecule has 0 unspecified atom stereocenters. The van der Waals surface area contributed by atoms with E-state index < -0.39 is 18.5 Å². The van der Waals surface area contributed by atoms with Crippen LogP contribution >= 0.6 is 0 Å². The molecule has 0 fully saturated rings. The van der Waals surface area contributed by atoms with Crippen molar-refractivity contribution in [2.24, 2.45) is 0 Å². The fraction of sp³-hybridized carbons (Fsp3) is 0.0870. The van der Waals surface area contributed by atoms with Gasteiger partial charge in [-0.3, -0.25) is 4.79 Å². The summed E-state index contributed by atoms with van der Waals surface area (Å²) in [6.07, 6.45) is 2.92. The van der Waals surface area contributed by atoms with E-state index in [0.717, 1.165) is 5.56 Å². The summed E-state index contributed by atoms with van der Waals surface area (Å²) in [5, 5.41) is 14.3. The highest BCUT2D eigenvalue weighted by molar-refractivity contribution is 6.16. The Hall–Kier alpha value is -4.53. The highest BCUT2D eigenvalue weighted by atomic mass is 16.5. The first kappa shape index (κ1) is 20.7. The van der Waals surface area contributed by atoms with Crippen LogP contribution in [0.3, 0.4) is 0 Å². The summed E-state index contributed by atoms with van der Waals surface area (Å²) in [6, 6.07) is 19.8. The molecule has 4 aromatic rings. The molecule has 1 N–H and O–H groups in total. The number of tetrazole rings is 1. The number of carbonyl (C=O) groups excluding carboxylic acids is 2. The van der Waals surface area contributed by atoms with Gasteiger partial charge in [-0.05, 0) is 41.6 Å². The minimum absolute atomic E-state index is 0.00746. The Kier molecular flexibility index (Phi) is 6.17. The Morgan fingerprint density at radius 3 is 2.56 bits per heavy atom. The van der Waals surface area contributed by atoms with Gasteiger partial charge in [0.2, 0.25) is 0 Å². The molecule has 0 saturated carbocycles. The average molecular weight is 429 g/mol. The molecular weight excluding hydrogens is 410 g/mol. The number of hydrogen-bond donors (Lipinski definition) is 1. The number of aromatic nitrogens is 4. The zero-order chi connectivity index (χ0) is 22.3. The van der Waals surface area contributed by atoms with Crippen LogP contribution in [0.4, 0.5) is 5.69 Å². The minimum Gasteiger partial charge on any atom is -0.465 e. The van der Waals surface area contributed by atoms with Gasteiger partial charge in [0.05, 0.1) is 6.26 Å². The van der Waals surface area contributed by atoms with Gasteiger partial charge in [-0.1, -0.05) is 48.0 Å². The fourth-order valence-corrected chi connectivity index (χ4v) is 2.87. The molecule has 2 aromatic carbocycles. The molecule has 0 spiro atoms. The Bertz CT molecular complexity index is 1230. The Balaban J connectivity index is 1.54. The molecule has 0 aliphatic carbocycles. The zero-order valence-corrected chi connectivity index (χ0v) is 17.1. The second kappa shape index (κ2) is 9.52. The van der Waals surface area contributed by atoms with Crippen molar-refractivity contribution < 1.29 is 18.7 Å². The third-order valence-corrected chi connectivity index (χ3v) is 4.43. The molecule has 4 rings (SSSR count). The quantitative estimate of drug-likeness (QED) is 0.354. The smallest absolute Gasteiger partial charge is 0.357 e. The number of aryl methyl sites for hydroxylation is 1. The van der Waals surface area contributed by atoms with Crippen molar-refractivity contribution >= 4 is 29.3 Å². The van der Waals surface area contributed by atoms with Crippen LogP contribution in [0.2, 0.25) is 0 Å². The number of carbonyl (C=O) groups is 2. The van der Waals surface area contributed by atoms with Gasteiger partial charge < -0.3 is 14.5 Å². The van der Waals surface area contributed by atoms with Crippen molar-refractivity contribution in [1.82, 2.24) is 20.2 Å². The van der Waals surface area contributed by atoms with E-state index in [-0.39, 0.29) is 5.70 Å². The lowest BCUT2D eigenvalue weighted by molar-refractivity contribution is -0.141. The molecule has 9 nitrogen and oxygen atoms in total. The van der Waals surface area contributed by atoms with Gasteiger partial charge >= 0.3 is 5.97 Å². The molecule has 2 aromatic heterocycles. The first-order valence-corrected chi connectivity index (χ1v) is 9.73. The van der Waals surface area contributed by atoms with Crippen molar-refractivity contribution in [3.05, 3.63) is 84.3 Å². The van der Waals surface area contributed by atoms with E-state index in [2.05, 4.69) is 20.8 Å². The number of rotatable bonds is 7. The van der Waals surface area contributed by atoms with Gasteiger partial charge in [-0.15, -0.1) is 5.10 Å². The number of amides is 1. The zero-order valence-electron chi connectivity index (χ0n) is 17.1. The molecule has 2 heterocycles. The maximum absolute atomic E-state index is 12.9. The van der Waals surface area contributed by atoms with E-state index in [1.165, 1.54) is 17.0 Å². The molecule has 0 aliphatic heterocycles. The Morgan fingerprint density at radius 2 is 1.84 bits per heavy atom. The van der Waals surface area contributed by atoms with Crippen LogP contribution in [-0.2, 0) is 14.3 Å². The van der Waals surface area contributed by atoms with Gasteiger partial charge in [0.25, 0.3) is 5.91 Å². The number of furan rings is 1. The number of esters is 1. The van der Waals surface area contributed by atoms with Crippen LogP contribution in [0.15, 0.2) is 77.4 Å². The third-order valence-electron chi connectivity index (χ3n) is 4.43. The van der Waals surface area contributed by atoms with E-state index >= 15 is 0 Å². The lowest BCUT2D eigenvalue weighted by Gasteiger charge is -2.10. The van der Waals surface area contributed by atoms with Gasteiger partial charge in [0.1, 0.15) is 5.76 Å². The van der Waals surface area contributed by atoms with E-state index in [4.69, 9.17) is 9.15 Å². The first-order chi connectivity index (χ1) is 15.6. The molecule has 160 valence electrons. The van der Waals surface area contributed by atoms with Crippen molar-refractivity contribution in [3.63, 3.8) is 0 Å². The van der Waals surface area contributed by atoms with Gasteiger partial charge in [0.15, 0.2) is 18.1 Å². The molecule has 32 heavy (non-hydrogen) atoms. The van der Waals surface area contributed by atoms with Crippen molar-refractivity contribution in [3.8, 4) is 11.4 Å². The fourth-order valence-electron chi connectivity index (χ4n) is 2.87. The predicted molar refractivity (Wildman–Crippen MR) is 117 cm³/mol. The molecule has 9 heteroatoms. The largest absolute Gasteiger partial charge is 0.465 e. The second-order valence-corrected chi connectivity index (χ2v) is 6.82. The number of ether oxygens (including phenoxy) is 1. The highest BCUT2D eigenvalue weighted by Gasteiger charge is 2.22. The van der Waals surface area contributed by atoms with Crippen LogP contribution in [-0.4, -0.2) is 38.7 Å². The minimum atomic E-state index is -0.787. The summed E-state index contributed by atoms with van der Waals surface area (Å²) < 4.78 is 11.8. The van der Waals surface area contributed by atoms with Gasteiger partial charge in [-0.25, -0.2) is 4.79 Å².